The van der Waals surface area contributed by atoms with Crippen LogP contribution < -0.4 is 10.9 Å². The van der Waals surface area contributed by atoms with Gasteiger partial charge in [-0.2, -0.15) is 4.31 Å². The Morgan fingerprint density at radius 2 is 1.72 bits per heavy atom. The van der Waals surface area contributed by atoms with Gasteiger partial charge in [0.25, 0.3) is 5.91 Å². The summed E-state index contributed by atoms with van der Waals surface area (Å²) in [6.45, 7) is 1.09. The number of carbonyl (C=O) groups is 2. The van der Waals surface area contributed by atoms with Crippen molar-refractivity contribution < 1.29 is 18.0 Å². The maximum atomic E-state index is 12.7. The van der Waals surface area contributed by atoms with Gasteiger partial charge in [-0.15, -0.1) is 0 Å². The number of piperidine rings is 1. The second-order valence-electron chi connectivity index (χ2n) is 6.94. The molecule has 1 saturated heterocycles. The number of carbonyl (C=O) groups excluding carboxylic acids is 2. The third kappa shape index (κ3) is 5.26. The highest BCUT2D eigenvalue weighted by atomic mass is 79.9. The van der Waals surface area contributed by atoms with Crippen LogP contribution in [-0.2, 0) is 28.3 Å². The number of hydrogen-bond acceptors (Lipinski definition) is 4. The standard InChI is InChI=1S/C19H23BrN4O4S/c1-23-13-15(20)12-17(23)19(26)22-21-18(25)11-14-5-7-16(8-6-14)29(27,28)24-9-3-2-4-10-24/h5-8,12-13H,2-4,9-11H2,1H3,(H,21,25)(H,22,26). The third-order valence-corrected chi connectivity index (χ3v) is 7.11. The van der Waals surface area contributed by atoms with Crippen LogP contribution in [0.25, 0.3) is 0 Å². The van der Waals surface area contributed by atoms with Crippen molar-refractivity contribution in [2.24, 2.45) is 7.05 Å². The normalized spacial score (nSPS) is 15.1. The van der Waals surface area contributed by atoms with E-state index in [1.54, 1.807) is 36.0 Å². The van der Waals surface area contributed by atoms with E-state index in [0.29, 0.717) is 24.3 Å². The Morgan fingerprint density at radius 3 is 2.31 bits per heavy atom. The second kappa shape index (κ2) is 9.10. The van der Waals surface area contributed by atoms with E-state index in [9.17, 15) is 18.0 Å². The molecule has 0 aliphatic carbocycles. The van der Waals surface area contributed by atoms with Gasteiger partial charge in [-0.3, -0.25) is 20.4 Å². The maximum Gasteiger partial charge on any atom is 0.286 e. The fourth-order valence-corrected chi connectivity index (χ4v) is 5.24. The molecule has 3 rings (SSSR count). The predicted octanol–water partition coefficient (Wildman–Crippen LogP) is 1.97. The van der Waals surface area contributed by atoms with Gasteiger partial charge in [0.15, 0.2) is 0 Å². The number of hydrazine groups is 1. The van der Waals surface area contributed by atoms with Crippen molar-refractivity contribution >= 4 is 37.8 Å². The van der Waals surface area contributed by atoms with Gasteiger partial charge in [0.2, 0.25) is 15.9 Å². The molecule has 2 heterocycles. The Labute approximate surface area is 178 Å². The van der Waals surface area contributed by atoms with Gasteiger partial charge in [-0.1, -0.05) is 18.6 Å². The maximum absolute atomic E-state index is 12.7. The molecule has 0 spiro atoms. The SMILES string of the molecule is Cn1cc(Br)cc1C(=O)NNC(=O)Cc1ccc(S(=O)(=O)N2CCCCC2)cc1. The summed E-state index contributed by atoms with van der Waals surface area (Å²) >= 11 is 3.29. The van der Waals surface area contributed by atoms with Gasteiger partial charge in [-0.05, 0) is 52.5 Å². The molecule has 1 fully saturated rings. The topological polar surface area (TPSA) is 101 Å². The first-order valence-electron chi connectivity index (χ1n) is 9.27. The van der Waals surface area contributed by atoms with Crippen LogP contribution in [0.1, 0.15) is 35.3 Å². The lowest BCUT2D eigenvalue weighted by Gasteiger charge is -2.25. The minimum absolute atomic E-state index is 0.0150. The average Bonchev–Trinajstić information content (AvgIpc) is 3.05. The molecule has 1 aromatic carbocycles. The second-order valence-corrected chi connectivity index (χ2v) is 9.80. The zero-order valence-corrected chi connectivity index (χ0v) is 18.4. The van der Waals surface area contributed by atoms with Crippen LogP contribution in [-0.4, -0.2) is 42.2 Å². The number of aromatic nitrogens is 1. The average molecular weight is 483 g/mol. The molecule has 1 aromatic heterocycles. The van der Waals surface area contributed by atoms with Crippen LogP contribution in [0.4, 0.5) is 0 Å². The molecule has 0 saturated carbocycles. The summed E-state index contributed by atoms with van der Waals surface area (Å²) in [5, 5.41) is 0. The highest BCUT2D eigenvalue weighted by Crippen LogP contribution is 2.21. The van der Waals surface area contributed by atoms with Crippen LogP contribution in [0.3, 0.4) is 0 Å². The number of benzene rings is 1. The molecule has 1 aliphatic heterocycles. The van der Waals surface area contributed by atoms with Crippen LogP contribution in [0.2, 0.25) is 0 Å². The Kier molecular flexibility index (Phi) is 6.76. The minimum atomic E-state index is -3.49. The summed E-state index contributed by atoms with van der Waals surface area (Å²) in [6, 6.07) is 7.92. The molecule has 0 radical (unpaired) electrons. The number of nitrogens with zero attached hydrogens (tertiary/aromatic N) is 2. The number of amides is 2. The molecule has 8 nitrogen and oxygen atoms in total. The molecule has 0 unspecified atom stereocenters. The van der Waals surface area contributed by atoms with Crippen LogP contribution in [0.15, 0.2) is 45.9 Å². The monoisotopic (exact) mass is 482 g/mol. The molecule has 156 valence electrons. The molecule has 0 bridgehead atoms. The van der Waals surface area contributed by atoms with E-state index in [0.717, 1.165) is 23.7 Å². The lowest BCUT2D eigenvalue weighted by Crippen LogP contribution is -2.42. The molecule has 2 amide bonds. The first-order valence-corrected chi connectivity index (χ1v) is 11.5. The number of hydrogen-bond donors (Lipinski definition) is 2. The molecule has 29 heavy (non-hydrogen) atoms. The number of aryl methyl sites for hydroxylation is 1. The molecular formula is C19H23BrN4O4S. The van der Waals surface area contributed by atoms with Gasteiger partial charge in [-0.25, -0.2) is 8.42 Å². The van der Waals surface area contributed by atoms with Crippen LogP contribution in [0, 0.1) is 0 Å². The third-order valence-electron chi connectivity index (χ3n) is 4.76. The Balaban J connectivity index is 1.56. The quantitative estimate of drug-likeness (QED) is 0.636. The number of halogens is 1. The van der Waals surface area contributed by atoms with Gasteiger partial charge < -0.3 is 4.57 Å². The summed E-state index contributed by atoms with van der Waals surface area (Å²) in [4.78, 5) is 24.4. The largest absolute Gasteiger partial charge is 0.345 e. The Bertz CT molecular complexity index is 996. The predicted molar refractivity (Wildman–Crippen MR) is 111 cm³/mol. The first-order chi connectivity index (χ1) is 13.8. The van der Waals surface area contributed by atoms with Crippen molar-refractivity contribution in [3.63, 3.8) is 0 Å². The summed E-state index contributed by atoms with van der Waals surface area (Å²) < 4.78 is 29.2. The number of rotatable bonds is 5. The van der Waals surface area contributed by atoms with Crippen molar-refractivity contribution in [3.8, 4) is 0 Å². The molecule has 10 heteroatoms. The van der Waals surface area contributed by atoms with E-state index in [1.165, 1.54) is 16.4 Å². The van der Waals surface area contributed by atoms with E-state index in [1.807, 2.05) is 0 Å². The van der Waals surface area contributed by atoms with Crippen molar-refractivity contribution in [3.05, 3.63) is 52.3 Å². The first kappa shape index (κ1) is 21.5. The Hall–Kier alpha value is -2.17. The van der Waals surface area contributed by atoms with E-state index in [-0.39, 0.29) is 11.3 Å². The van der Waals surface area contributed by atoms with E-state index < -0.39 is 21.8 Å². The van der Waals surface area contributed by atoms with Crippen molar-refractivity contribution in [2.45, 2.75) is 30.6 Å². The van der Waals surface area contributed by atoms with E-state index >= 15 is 0 Å². The minimum Gasteiger partial charge on any atom is -0.345 e. The summed E-state index contributed by atoms with van der Waals surface area (Å²) in [7, 11) is -1.77. The highest BCUT2D eigenvalue weighted by Gasteiger charge is 2.25. The molecule has 2 N–H and O–H groups in total. The van der Waals surface area contributed by atoms with E-state index in [4.69, 9.17) is 0 Å². The lowest BCUT2D eigenvalue weighted by atomic mass is 10.1. The van der Waals surface area contributed by atoms with Crippen LogP contribution in [0.5, 0.6) is 0 Å². The highest BCUT2D eigenvalue weighted by molar-refractivity contribution is 9.10. The fourth-order valence-electron chi connectivity index (χ4n) is 3.20. The summed E-state index contributed by atoms with van der Waals surface area (Å²) in [5.74, 6) is -0.840. The zero-order valence-electron chi connectivity index (χ0n) is 16.0. The smallest absolute Gasteiger partial charge is 0.286 e. The van der Waals surface area contributed by atoms with Crippen LogP contribution >= 0.6 is 15.9 Å². The molecule has 2 aromatic rings. The molecule has 0 atom stereocenters. The van der Waals surface area contributed by atoms with Crippen molar-refractivity contribution in [1.29, 1.82) is 0 Å². The van der Waals surface area contributed by atoms with Gasteiger partial charge in [0.1, 0.15) is 5.69 Å². The van der Waals surface area contributed by atoms with Gasteiger partial charge in [0.05, 0.1) is 11.3 Å². The van der Waals surface area contributed by atoms with Crippen molar-refractivity contribution in [2.75, 3.05) is 13.1 Å². The van der Waals surface area contributed by atoms with E-state index in [2.05, 4.69) is 26.8 Å². The lowest BCUT2D eigenvalue weighted by molar-refractivity contribution is -0.121. The Morgan fingerprint density at radius 1 is 1.07 bits per heavy atom. The summed E-state index contributed by atoms with van der Waals surface area (Å²) in [5.41, 5.74) is 5.78. The van der Waals surface area contributed by atoms with Gasteiger partial charge >= 0.3 is 0 Å². The number of sulfonamides is 1. The molecular weight excluding hydrogens is 460 g/mol. The fraction of sp³-hybridized carbons (Fsp3) is 0.368. The summed E-state index contributed by atoms with van der Waals surface area (Å²) in [6.07, 6.45) is 4.56. The molecule has 1 aliphatic rings. The zero-order chi connectivity index (χ0) is 21.0. The van der Waals surface area contributed by atoms with Crippen molar-refractivity contribution in [1.82, 2.24) is 19.7 Å². The van der Waals surface area contributed by atoms with Gasteiger partial charge in [0, 0.05) is 30.8 Å². The number of nitrogens with one attached hydrogen (secondary N) is 2.